The number of aliphatic hydroxyl groups excluding tert-OH is 1. The first-order valence-electron chi connectivity index (χ1n) is 18.1. The fourth-order valence-corrected chi connectivity index (χ4v) is 12.1. The molecular formula is C32H43N9O13P2S. The number of fused-ring (bicyclic) bond motifs is 4. The molecule has 4 aromatic rings. The van der Waals surface area contributed by atoms with Gasteiger partial charge in [-0.3, -0.25) is 36.8 Å². The number of phosphoric acid groups is 1. The highest BCUT2D eigenvalue weighted by Gasteiger charge is 2.74. The number of esters is 1. The number of aromatic nitrogens is 8. The van der Waals surface area contributed by atoms with Crippen LogP contribution in [0.25, 0.3) is 22.3 Å². The third-order valence-corrected chi connectivity index (χ3v) is 15.4. The first kappa shape index (κ1) is 40.4. The number of aryl methyl sites for hydroxylation is 1. The molecule has 6 heterocycles. The lowest BCUT2D eigenvalue weighted by Gasteiger charge is -2.32. The number of hydrogen-bond acceptors (Lipinski definition) is 20. The Morgan fingerprint density at radius 2 is 1.88 bits per heavy atom. The Labute approximate surface area is 328 Å². The highest BCUT2D eigenvalue weighted by molar-refractivity contribution is 8.55. The molecule has 2 aliphatic carbocycles. The largest absolute Gasteiger partial charge is 0.475 e. The number of carbonyl (C=O) groups excluding carboxylic acids is 1. The lowest BCUT2D eigenvalue weighted by atomic mass is 9.98. The number of phosphoric ester groups is 1. The second kappa shape index (κ2) is 14.7. The van der Waals surface area contributed by atoms with E-state index >= 15 is 0 Å². The first-order chi connectivity index (χ1) is 27.0. The van der Waals surface area contributed by atoms with Gasteiger partial charge in [-0.05, 0) is 47.0 Å². The molecule has 4 aromatic heterocycles. The number of nitrogens with one attached hydrogen (secondary N) is 1. The molecular weight excluding hydrogens is 812 g/mol. The maximum absolute atomic E-state index is 15.0. The van der Waals surface area contributed by atoms with Crippen molar-refractivity contribution in [2.24, 2.45) is 16.7 Å². The summed E-state index contributed by atoms with van der Waals surface area (Å²) in [4.78, 5) is 49.5. The second-order valence-electron chi connectivity index (χ2n) is 15.3. The molecule has 11 atom stereocenters. The molecule has 3 unspecified atom stereocenters. The van der Waals surface area contributed by atoms with Crippen LogP contribution in [-0.2, 0) is 50.8 Å². The Bertz CT molecular complexity index is 2350. The van der Waals surface area contributed by atoms with Gasteiger partial charge >= 0.3 is 20.6 Å². The van der Waals surface area contributed by atoms with Gasteiger partial charge in [0.2, 0.25) is 0 Å². The van der Waals surface area contributed by atoms with E-state index in [1.54, 1.807) is 39.2 Å². The number of nitrogens with two attached hydrogens (primary N) is 1. The lowest BCUT2D eigenvalue weighted by molar-refractivity contribution is -0.150. The number of ether oxygens (including phenoxy) is 3. The van der Waals surface area contributed by atoms with Crippen LogP contribution in [0.15, 0.2) is 23.8 Å². The normalized spacial score (nSPS) is 35.6. The number of aromatic amines is 1. The van der Waals surface area contributed by atoms with Gasteiger partial charge in [-0.25, -0.2) is 34.0 Å². The van der Waals surface area contributed by atoms with Gasteiger partial charge in [0.15, 0.2) is 28.9 Å². The number of rotatable bonds is 8. The minimum Gasteiger partial charge on any atom is -0.454 e. The van der Waals surface area contributed by atoms with Crippen molar-refractivity contribution in [3.63, 3.8) is 0 Å². The number of imidazole rings is 2. The Hall–Kier alpha value is -3.34. The molecule has 1 spiro atoms. The first-order valence-corrected chi connectivity index (χ1v) is 22.7. The van der Waals surface area contributed by atoms with E-state index in [4.69, 9.17) is 42.6 Å². The molecule has 2 bridgehead atoms. The average molecular weight is 856 g/mol. The van der Waals surface area contributed by atoms with Gasteiger partial charge in [-0.15, -0.1) is 0 Å². The summed E-state index contributed by atoms with van der Waals surface area (Å²) in [7, 11) is -3.16. The SMILES string of the molecule is CCOP1(=O)OCC23C[C@@H]2[C@@H](n2cnc4c(N)ncnc42)[C@H](O)[C@@H]3OP(=O)(SCOC(=O)C(C)(C)C)OC[C@H]2O[C@@H](n3cnc4c(=O)[nH]c(C)nc43)[C@H](O1)[C@@H]2OC. The van der Waals surface area contributed by atoms with Crippen molar-refractivity contribution >= 4 is 60.1 Å². The van der Waals surface area contributed by atoms with E-state index in [2.05, 4.69) is 29.9 Å². The van der Waals surface area contributed by atoms with Crippen LogP contribution in [0.4, 0.5) is 5.82 Å². The monoisotopic (exact) mass is 855 g/mol. The number of anilines is 1. The van der Waals surface area contributed by atoms with Crippen molar-refractivity contribution in [2.45, 2.75) is 83.8 Å². The van der Waals surface area contributed by atoms with E-state index in [0.29, 0.717) is 34.8 Å². The van der Waals surface area contributed by atoms with E-state index in [1.807, 2.05) is 0 Å². The molecule has 8 rings (SSSR count). The summed E-state index contributed by atoms with van der Waals surface area (Å²) in [6.45, 7) is 2.90. The fraction of sp³-hybridized carbons (Fsp3) is 0.656. The minimum atomic E-state index is -4.53. The summed E-state index contributed by atoms with van der Waals surface area (Å²) in [5.74, 6) is -0.976. The van der Waals surface area contributed by atoms with Crippen molar-refractivity contribution in [3.05, 3.63) is 35.2 Å². The van der Waals surface area contributed by atoms with Crippen LogP contribution in [-0.4, -0.2) is 114 Å². The van der Waals surface area contributed by atoms with Crippen LogP contribution in [0.5, 0.6) is 0 Å². The fourth-order valence-electron chi connectivity index (χ4n) is 7.81. The van der Waals surface area contributed by atoms with Gasteiger partial charge in [0.25, 0.3) is 5.56 Å². The summed E-state index contributed by atoms with van der Waals surface area (Å²) < 4.78 is 81.2. The average Bonchev–Trinajstić information content (AvgIpc) is 3.44. The topological polar surface area (TPSA) is 278 Å². The summed E-state index contributed by atoms with van der Waals surface area (Å²) in [5.41, 5.74) is 4.40. The van der Waals surface area contributed by atoms with Crippen molar-refractivity contribution in [3.8, 4) is 0 Å². The third-order valence-electron chi connectivity index (χ3n) is 10.6. The number of H-pyrrole nitrogens is 1. The highest BCUT2D eigenvalue weighted by Crippen LogP contribution is 2.74. The lowest BCUT2D eigenvalue weighted by Crippen LogP contribution is -2.38. The molecule has 0 amide bonds. The van der Waals surface area contributed by atoms with Crippen LogP contribution >= 0.6 is 26.0 Å². The molecule has 4 fully saturated rings. The molecule has 22 nitrogen and oxygen atoms in total. The maximum Gasteiger partial charge on any atom is 0.475 e. The zero-order valence-corrected chi connectivity index (χ0v) is 34.3. The Morgan fingerprint density at radius 1 is 1.12 bits per heavy atom. The predicted molar refractivity (Wildman–Crippen MR) is 199 cm³/mol. The van der Waals surface area contributed by atoms with Crippen LogP contribution in [0, 0.1) is 23.7 Å². The van der Waals surface area contributed by atoms with Crippen LogP contribution in [0.1, 0.15) is 52.2 Å². The van der Waals surface area contributed by atoms with Crippen LogP contribution in [0.2, 0.25) is 0 Å². The van der Waals surface area contributed by atoms with E-state index in [-0.39, 0.29) is 30.2 Å². The van der Waals surface area contributed by atoms with Crippen LogP contribution < -0.4 is 11.3 Å². The van der Waals surface area contributed by atoms with Gasteiger partial charge in [0, 0.05) is 23.9 Å². The number of nitrogen functional groups attached to an aromatic ring is 1. The number of hydrogen-bond donors (Lipinski definition) is 3. The quantitative estimate of drug-likeness (QED) is 0.130. The number of nitrogens with zero attached hydrogens (tertiary/aromatic N) is 7. The predicted octanol–water partition coefficient (Wildman–Crippen LogP) is 3.03. The van der Waals surface area contributed by atoms with E-state index in [0.717, 1.165) is 0 Å². The Morgan fingerprint density at radius 3 is 2.61 bits per heavy atom. The number of methoxy groups -OCH3 is 1. The summed E-state index contributed by atoms with van der Waals surface area (Å²) in [6.07, 6.45) is -2.85. The van der Waals surface area contributed by atoms with Gasteiger partial charge < -0.3 is 34.6 Å². The van der Waals surface area contributed by atoms with E-state index in [1.165, 1.54) is 30.7 Å². The molecule has 2 saturated carbocycles. The molecule has 4 aliphatic rings. The number of aliphatic hydroxyl groups is 1. The molecule has 57 heavy (non-hydrogen) atoms. The molecule has 2 aliphatic heterocycles. The summed E-state index contributed by atoms with van der Waals surface area (Å²) >= 11 is 0.607. The molecule has 310 valence electrons. The maximum atomic E-state index is 15.0. The summed E-state index contributed by atoms with van der Waals surface area (Å²) in [5, 5.41) is 12.1. The third kappa shape index (κ3) is 7.13. The minimum absolute atomic E-state index is 0.00782. The molecule has 0 aromatic carbocycles. The zero-order chi connectivity index (χ0) is 40.7. The highest BCUT2D eigenvalue weighted by atomic mass is 32.7. The van der Waals surface area contributed by atoms with E-state index < -0.39 is 98.2 Å². The van der Waals surface area contributed by atoms with Gasteiger partial charge in [-0.1, -0.05) is 0 Å². The second-order valence-corrected chi connectivity index (χ2v) is 20.9. The smallest absolute Gasteiger partial charge is 0.454 e. The van der Waals surface area contributed by atoms with Gasteiger partial charge in [0.05, 0.1) is 43.9 Å². The Balaban J connectivity index is 1.19. The van der Waals surface area contributed by atoms with Crippen molar-refractivity contribution < 1.29 is 55.9 Å². The summed E-state index contributed by atoms with van der Waals surface area (Å²) in [6, 6.07) is -0.759. The van der Waals surface area contributed by atoms with Crippen LogP contribution in [0.3, 0.4) is 0 Å². The van der Waals surface area contributed by atoms with E-state index in [9.17, 15) is 23.8 Å². The number of carbonyl (C=O) groups is 1. The molecule has 2 saturated heterocycles. The van der Waals surface area contributed by atoms with Crippen molar-refractivity contribution in [1.82, 2.24) is 39.0 Å². The van der Waals surface area contributed by atoms with Gasteiger partial charge in [-0.2, -0.15) is 0 Å². The molecule has 4 N–H and O–H groups in total. The van der Waals surface area contributed by atoms with Crippen molar-refractivity contribution in [2.75, 3.05) is 38.6 Å². The molecule has 0 radical (unpaired) electrons. The van der Waals surface area contributed by atoms with Crippen molar-refractivity contribution in [1.29, 1.82) is 0 Å². The zero-order valence-electron chi connectivity index (χ0n) is 31.7. The van der Waals surface area contributed by atoms with Gasteiger partial charge in [0.1, 0.15) is 54.1 Å². The molecule has 25 heteroatoms. The standard InChI is InChI=1S/C32H43N9O13P2S/c1-7-49-55(45)51-10-32-8-16(32)20(40-12-36-18-25(33)34-11-35-26(18)40)21(42)24(32)54-56(46,57-14-48-30(44)31(3,4)5)50-9-17-22(47-6)23(53-55)29(52-17)41-13-37-19-27(41)38-15(2)39-28(19)43/h11-13,16-17,20-24,29,42H,7-10,14H2,1-6H3,(H2,33,34,35)(H,38,39,43)/t16-,17-,20-,21+,22-,23-,24+,29-,32?,55?,56?/m1/s1. The Kier molecular flexibility index (Phi) is 10.5.